The van der Waals surface area contributed by atoms with E-state index in [4.69, 9.17) is 0 Å². The van der Waals surface area contributed by atoms with E-state index in [1.165, 1.54) is 28.6 Å². The van der Waals surface area contributed by atoms with Crippen molar-refractivity contribution in [1.82, 2.24) is 4.31 Å². The summed E-state index contributed by atoms with van der Waals surface area (Å²) >= 11 is 3.34. The summed E-state index contributed by atoms with van der Waals surface area (Å²) in [5.74, 6) is -0.389. The van der Waals surface area contributed by atoms with Crippen molar-refractivity contribution in [3.05, 3.63) is 53.0 Å². The number of nitrogens with zero attached hydrogens (tertiary/aromatic N) is 1. The van der Waals surface area contributed by atoms with Gasteiger partial charge in [-0.1, -0.05) is 15.9 Å². The van der Waals surface area contributed by atoms with E-state index in [1.54, 1.807) is 12.1 Å². The molecule has 1 N–H and O–H groups in total. The molecule has 0 saturated carbocycles. The Morgan fingerprint density at radius 3 is 1.97 bits per heavy atom. The van der Waals surface area contributed by atoms with Gasteiger partial charge in [-0.3, -0.25) is 4.79 Å². The number of halogens is 1. The highest BCUT2D eigenvalue weighted by molar-refractivity contribution is 9.10. The second-order valence-corrected chi connectivity index (χ2v) is 11.8. The standard InChI is InChI=1S/C19H21BrN2O5S2/c1-28(24,25)17-6-8-18(9-7-17)29(26,27)22-12-10-14(11-13-22)19(23)21-16-4-2-15(20)3-5-16/h2-9,14H,10-13H2,1H3,(H,21,23). The van der Waals surface area contributed by atoms with Gasteiger partial charge in [0.05, 0.1) is 9.79 Å². The fourth-order valence-electron chi connectivity index (χ4n) is 3.14. The van der Waals surface area contributed by atoms with Crippen molar-refractivity contribution in [3.63, 3.8) is 0 Å². The molecule has 3 rings (SSSR count). The Balaban J connectivity index is 1.63. The Labute approximate surface area is 179 Å². The average Bonchev–Trinajstić information content (AvgIpc) is 2.69. The zero-order valence-electron chi connectivity index (χ0n) is 15.7. The summed E-state index contributed by atoms with van der Waals surface area (Å²) in [4.78, 5) is 12.6. The van der Waals surface area contributed by atoms with Crippen LogP contribution in [-0.2, 0) is 24.7 Å². The van der Waals surface area contributed by atoms with E-state index in [2.05, 4.69) is 21.2 Å². The molecule has 0 bridgehead atoms. The first kappa shape index (κ1) is 21.9. The summed E-state index contributed by atoms with van der Waals surface area (Å²) < 4.78 is 51.0. The Kier molecular flexibility index (Phi) is 6.47. The van der Waals surface area contributed by atoms with Crippen LogP contribution in [-0.4, -0.2) is 46.4 Å². The van der Waals surface area contributed by atoms with E-state index in [1.807, 2.05) is 12.1 Å². The molecule has 2 aromatic carbocycles. The fraction of sp³-hybridized carbons (Fsp3) is 0.316. The number of nitrogens with one attached hydrogen (secondary N) is 1. The summed E-state index contributed by atoms with van der Waals surface area (Å²) in [5.41, 5.74) is 0.694. The zero-order valence-corrected chi connectivity index (χ0v) is 18.9. The smallest absolute Gasteiger partial charge is 0.243 e. The molecular formula is C19H21BrN2O5S2. The number of sulfonamides is 1. The molecule has 156 valence electrons. The monoisotopic (exact) mass is 500 g/mol. The molecular weight excluding hydrogens is 480 g/mol. The van der Waals surface area contributed by atoms with Crippen LogP contribution in [0.25, 0.3) is 0 Å². The van der Waals surface area contributed by atoms with Crippen molar-refractivity contribution in [2.45, 2.75) is 22.6 Å². The summed E-state index contributed by atoms with van der Waals surface area (Å²) in [7, 11) is -7.13. The first-order valence-electron chi connectivity index (χ1n) is 8.94. The fourth-order valence-corrected chi connectivity index (χ4v) is 5.51. The van der Waals surface area contributed by atoms with Gasteiger partial charge in [0.1, 0.15) is 0 Å². The molecule has 0 aromatic heterocycles. The second kappa shape index (κ2) is 8.55. The van der Waals surface area contributed by atoms with Crippen LogP contribution < -0.4 is 5.32 Å². The van der Waals surface area contributed by atoms with Gasteiger partial charge in [-0.2, -0.15) is 4.31 Å². The third kappa shape index (κ3) is 5.25. The van der Waals surface area contributed by atoms with E-state index in [-0.39, 0.29) is 34.7 Å². The predicted octanol–water partition coefficient (Wildman–Crippen LogP) is 2.89. The minimum atomic E-state index is -3.74. The minimum absolute atomic E-state index is 0.0441. The van der Waals surface area contributed by atoms with Gasteiger partial charge in [0, 0.05) is 35.4 Å². The van der Waals surface area contributed by atoms with Gasteiger partial charge in [0.25, 0.3) is 0 Å². The Hall–Kier alpha value is -1.75. The van der Waals surface area contributed by atoms with Gasteiger partial charge < -0.3 is 5.32 Å². The van der Waals surface area contributed by atoms with E-state index >= 15 is 0 Å². The molecule has 29 heavy (non-hydrogen) atoms. The number of sulfone groups is 1. The highest BCUT2D eigenvalue weighted by atomic mass is 79.9. The molecule has 7 nitrogen and oxygen atoms in total. The summed E-state index contributed by atoms with van der Waals surface area (Å²) in [6.07, 6.45) is 1.91. The first-order chi connectivity index (χ1) is 13.6. The maximum absolute atomic E-state index is 12.8. The van der Waals surface area contributed by atoms with Crippen LogP contribution in [0.3, 0.4) is 0 Å². The average molecular weight is 501 g/mol. The van der Waals surface area contributed by atoms with Crippen molar-refractivity contribution in [1.29, 1.82) is 0 Å². The number of rotatable bonds is 5. The molecule has 1 aliphatic heterocycles. The number of carbonyl (C=O) groups excluding carboxylic acids is 1. The lowest BCUT2D eigenvalue weighted by atomic mass is 9.97. The SMILES string of the molecule is CS(=O)(=O)c1ccc(S(=O)(=O)N2CCC(C(=O)Nc3ccc(Br)cc3)CC2)cc1. The minimum Gasteiger partial charge on any atom is -0.326 e. The van der Waals surface area contributed by atoms with Gasteiger partial charge in [0.2, 0.25) is 15.9 Å². The van der Waals surface area contributed by atoms with Crippen molar-refractivity contribution >= 4 is 47.4 Å². The van der Waals surface area contributed by atoms with Crippen LogP contribution in [0.1, 0.15) is 12.8 Å². The molecule has 0 unspecified atom stereocenters. The molecule has 1 aliphatic rings. The van der Waals surface area contributed by atoms with Crippen molar-refractivity contribution in [2.75, 3.05) is 24.7 Å². The number of hydrogen-bond acceptors (Lipinski definition) is 5. The van der Waals surface area contributed by atoms with Gasteiger partial charge in [-0.15, -0.1) is 0 Å². The topological polar surface area (TPSA) is 101 Å². The van der Waals surface area contributed by atoms with Crippen LogP contribution in [0, 0.1) is 5.92 Å². The number of benzene rings is 2. The summed E-state index contributed by atoms with van der Waals surface area (Å²) in [6, 6.07) is 12.4. The van der Waals surface area contributed by atoms with E-state index in [0.29, 0.717) is 18.5 Å². The number of carbonyl (C=O) groups is 1. The molecule has 1 fully saturated rings. The van der Waals surface area contributed by atoms with Crippen LogP contribution in [0.4, 0.5) is 5.69 Å². The lowest BCUT2D eigenvalue weighted by molar-refractivity contribution is -0.120. The molecule has 0 spiro atoms. The number of amides is 1. The lowest BCUT2D eigenvalue weighted by Gasteiger charge is -2.30. The Morgan fingerprint density at radius 2 is 1.45 bits per heavy atom. The molecule has 0 atom stereocenters. The zero-order chi connectivity index (χ0) is 21.2. The normalized spacial score (nSPS) is 16.5. The molecule has 0 aliphatic carbocycles. The maximum Gasteiger partial charge on any atom is 0.243 e. The van der Waals surface area contributed by atoms with E-state index in [9.17, 15) is 21.6 Å². The third-order valence-electron chi connectivity index (χ3n) is 4.83. The Bertz CT molecular complexity index is 1090. The van der Waals surface area contributed by atoms with Crippen LogP contribution >= 0.6 is 15.9 Å². The highest BCUT2D eigenvalue weighted by Crippen LogP contribution is 2.26. The van der Waals surface area contributed by atoms with Gasteiger partial charge in [-0.25, -0.2) is 16.8 Å². The molecule has 1 saturated heterocycles. The van der Waals surface area contributed by atoms with Gasteiger partial charge in [-0.05, 0) is 61.4 Å². The molecule has 1 amide bonds. The highest BCUT2D eigenvalue weighted by Gasteiger charge is 2.32. The first-order valence-corrected chi connectivity index (χ1v) is 13.1. The van der Waals surface area contributed by atoms with Crippen LogP contribution in [0.15, 0.2) is 62.8 Å². The van der Waals surface area contributed by atoms with Crippen molar-refractivity contribution < 1.29 is 21.6 Å². The lowest BCUT2D eigenvalue weighted by Crippen LogP contribution is -2.41. The van der Waals surface area contributed by atoms with Crippen LogP contribution in [0.5, 0.6) is 0 Å². The van der Waals surface area contributed by atoms with E-state index in [0.717, 1.165) is 10.7 Å². The maximum atomic E-state index is 12.8. The van der Waals surface area contributed by atoms with Crippen molar-refractivity contribution in [3.8, 4) is 0 Å². The summed E-state index contributed by atoms with van der Waals surface area (Å²) in [6.45, 7) is 0.461. The largest absolute Gasteiger partial charge is 0.326 e. The second-order valence-electron chi connectivity index (χ2n) is 6.92. The summed E-state index contributed by atoms with van der Waals surface area (Å²) in [5, 5.41) is 2.86. The van der Waals surface area contributed by atoms with Gasteiger partial charge >= 0.3 is 0 Å². The third-order valence-corrected chi connectivity index (χ3v) is 8.40. The van der Waals surface area contributed by atoms with Gasteiger partial charge in [0.15, 0.2) is 9.84 Å². The molecule has 10 heteroatoms. The number of anilines is 1. The Morgan fingerprint density at radius 1 is 0.931 bits per heavy atom. The molecule has 2 aromatic rings. The quantitative estimate of drug-likeness (QED) is 0.679. The van der Waals surface area contributed by atoms with Crippen LogP contribution in [0.2, 0.25) is 0 Å². The number of piperidine rings is 1. The number of hydrogen-bond donors (Lipinski definition) is 1. The molecule has 1 heterocycles. The molecule has 0 radical (unpaired) electrons. The predicted molar refractivity (Wildman–Crippen MR) is 114 cm³/mol. The van der Waals surface area contributed by atoms with Crippen molar-refractivity contribution in [2.24, 2.45) is 5.92 Å². The van der Waals surface area contributed by atoms with E-state index < -0.39 is 19.9 Å².